The van der Waals surface area contributed by atoms with E-state index in [1.54, 1.807) is 17.8 Å². The van der Waals surface area contributed by atoms with Crippen LogP contribution >= 0.6 is 7.60 Å². The van der Waals surface area contributed by atoms with E-state index in [1.165, 1.54) is 77.0 Å². The molecule has 3 atom stereocenters. The molecule has 0 aliphatic rings. The first-order valence-electron chi connectivity index (χ1n) is 15.8. The van der Waals surface area contributed by atoms with Gasteiger partial charge in [-0.05, 0) is 19.8 Å². The Hall–Kier alpha value is -1.80. The molecule has 2 aromatic rings. The molecular formula is C30H55N6O4PSi. The molecule has 0 amide bonds. The molecule has 42 heavy (non-hydrogen) atoms. The summed E-state index contributed by atoms with van der Waals surface area (Å²) in [6.07, 6.45) is 20.7. The van der Waals surface area contributed by atoms with Gasteiger partial charge in [0.05, 0.1) is 25.6 Å². The van der Waals surface area contributed by atoms with Crippen LogP contribution in [0.3, 0.4) is 0 Å². The van der Waals surface area contributed by atoms with Gasteiger partial charge < -0.3 is 24.5 Å². The summed E-state index contributed by atoms with van der Waals surface area (Å²) in [6.45, 7) is 9.17. The van der Waals surface area contributed by atoms with Crippen LogP contribution in [-0.4, -0.2) is 51.2 Å². The van der Waals surface area contributed by atoms with E-state index in [0.29, 0.717) is 23.5 Å². The number of rotatable bonds is 22. The summed E-state index contributed by atoms with van der Waals surface area (Å²) < 4.78 is 25.1. The molecule has 0 saturated heterocycles. The van der Waals surface area contributed by atoms with Crippen LogP contribution in [0.4, 0.5) is 5.82 Å². The molecule has 2 unspecified atom stereocenters. The fourth-order valence-electron chi connectivity index (χ4n) is 4.70. The molecule has 0 spiro atoms. The standard InChI is InChI=1S/C30H55N6O4PSi/c1-26(23-36-25-35-27-28(31)33-24-34-29(27)36)40-30(32)41(37,38)39-21-19-17-15-13-11-9-7-5-6-8-10-12-14-16-18-20-22-42(2,3)4/h24-26,30H,5-19,21,23,32H2,1-4H3,(H,37,38)(H2,31,33,34)/t26-,30?/m1/s1. The maximum Gasteiger partial charge on any atom is 0.371 e. The molecular weight excluding hydrogens is 567 g/mol. The lowest BCUT2D eigenvalue weighted by molar-refractivity contribution is 0.0180. The second-order valence-corrected chi connectivity index (χ2v) is 19.0. The Kier molecular flexibility index (Phi) is 16.9. The van der Waals surface area contributed by atoms with E-state index in [2.05, 4.69) is 46.1 Å². The van der Waals surface area contributed by atoms with Gasteiger partial charge in [-0.15, -0.1) is 11.5 Å². The van der Waals surface area contributed by atoms with Gasteiger partial charge in [0.2, 0.25) is 5.97 Å². The second kappa shape index (κ2) is 19.5. The maximum absolute atomic E-state index is 12.5. The van der Waals surface area contributed by atoms with E-state index < -0.39 is 27.7 Å². The lowest BCUT2D eigenvalue weighted by atomic mass is 10.0. The van der Waals surface area contributed by atoms with Crippen LogP contribution in [0, 0.1) is 11.5 Å². The Morgan fingerprint density at radius 3 is 2.05 bits per heavy atom. The number of unbranched alkanes of at least 4 members (excludes halogenated alkanes) is 14. The molecule has 5 N–H and O–H groups in total. The molecule has 0 saturated carbocycles. The highest BCUT2D eigenvalue weighted by molar-refractivity contribution is 7.53. The number of hydrogen-bond donors (Lipinski definition) is 3. The molecule has 10 nitrogen and oxygen atoms in total. The predicted octanol–water partition coefficient (Wildman–Crippen LogP) is 6.99. The summed E-state index contributed by atoms with van der Waals surface area (Å²) in [6, 6.07) is 0. The molecule has 0 aliphatic heterocycles. The minimum atomic E-state index is -4.10. The van der Waals surface area contributed by atoms with E-state index in [0.717, 1.165) is 25.7 Å². The molecule has 2 heterocycles. The van der Waals surface area contributed by atoms with Crippen LogP contribution in [0.25, 0.3) is 11.2 Å². The van der Waals surface area contributed by atoms with Crippen LogP contribution in [0.1, 0.15) is 103 Å². The van der Waals surface area contributed by atoms with E-state index in [-0.39, 0.29) is 6.61 Å². The monoisotopic (exact) mass is 622 g/mol. The van der Waals surface area contributed by atoms with Crippen LogP contribution in [0.5, 0.6) is 0 Å². The third-order valence-corrected chi connectivity index (χ3v) is 9.26. The fraction of sp³-hybridized carbons (Fsp3) is 0.767. The highest BCUT2D eigenvalue weighted by Gasteiger charge is 2.31. The molecule has 0 radical (unpaired) electrons. The number of hydrogen-bond acceptors (Lipinski definition) is 8. The Bertz CT molecular complexity index is 1150. The Labute approximate surface area is 254 Å². The lowest BCUT2D eigenvalue weighted by Gasteiger charge is -2.23. The van der Waals surface area contributed by atoms with Crippen LogP contribution in [-0.2, 0) is 20.4 Å². The van der Waals surface area contributed by atoms with Gasteiger partial charge in [-0.2, -0.15) is 0 Å². The number of ether oxygens (including phenoxy) is 1. The third kappa shape index (κ3) is 15.1. The first-order chi connectivity index (χ1) is 20.0. The summed E-state index contributed by atoms with van der Waals surface area (Å²) >= 11 is 0. The number of fused-ring (bicyclic) bond motifs is 1. The van der Waals surface area contributed by atoms with E-state index in [4.69, 9.17) is 20.7 Å². The highest BCUT2D eigenvalue weighted by atomic mass is 31.2. The number of nitrogens with zero attached hydrogens (tertiary/aromatic N) is 4. The van der Waals surface area contributed by atoms with Gasteiger partial charge in [-0.25, -0.2) is 15.0 Å². The molecule has 0 bridgehead atoms. The predicted molar refractivity (Wildman–Crippen MR) is 174 cm³/mol. The first-order valence-corrected chi connectivity index (χ1v) is 20.9. The number of nitrogen functional groups attached to an aromatic ring is 1. The van der Waals surface area contributed by atoms with Crippen molar-refractivity contribution in [3.63, 3.8) is 0 Å². The minimum Gasteiger partial charge on any atom is -0.382 e. The average Bonchev–Trinajstić information content (AvgIpc) is 3.33. The van der Waals surface area contributed by atoms with Gasteiger partial charge in [-0.1, -0.05) is 96.7 Å². The fourth-order valence-corrected chi connectivity index (χ4v) is 6.26. The van der Waals surface area contributed by atoms with Gasteiger partial charge in [0.1, 0.15) is 19.9 Å². The minimum absolute atomic E-state index is 0.188. The number of imidazole rings is 1. The summed E-state index contributed by atoms with van der Waals surface area (Å²) in [5.74, 6) is 2.23. The smallest absolute Gasteiger partial charge is 0.371 e. The van der Waals surface area contributed by atoms with Crippen molar-refractivity contribution in [3.8, 4) is 11.5 Å². The summed E-state index contributed by atoms with van der Waals surface area (Å²) in [5, 5.41) is 0. The molecule has 0 aliphatic carbocycles. The lowest BCUT2D eigenvalue weighted by Crippen LogP contribution is -2.31. The van der Waals surface area contributed by atoms with Crippen LogP contribution in [0.15, 0.2) is 12.7 Å². The largest absolute Gasteiger partial charge is 0.382 e. The van der Waals surface area contributed by atoms with Crippen molar-refractivity contribution in [1.29, 1.82) is 0 Å². The first kappa shape index (κ1) is 36.4. The Morgan fingerprint density at radius 2 is 1.48 bits per heavy atom. The molecule has 238 valence electrons. The zero-order chi connectivity index (χ0) is 30.8. The molecule has 12 heteroatoms. The van der Waals surface area contributed by atoms with Gasteiger partial charge in [0, 0.05) is 6.42 Å². The highest BCUT2D eigenvalue weighted by Crippen LogP contribution is 2.46. The zero-order valence-electron chi connectivity index (χ0n) is 26.4. The van der Waals surface area contributed by atoms with Crippen molar-refractivity contribution in [3.05, 3.63) is 12.7 Å². The van der Waals surface area contributed by atoms with Gasteiger partial charge in [0.25, 0.3) is 0 Å². The number of aromatic nitrogens is 4. The van der Waals surface area contributed by atoms with E-state index in [1.807, 2.05) is 0 Å². The number of anilines is 1. The SMILES string of the molecule is C[C@H](Cn1cnc2c(N)ncnc21)OC(N)P(=O)(O)OCCCCCCCCCCCCCCCCC#C[Si](C)(C)C. The zero-order valence-corrected chi connectivity index (χ0v) is 28.3. The van der Waals surface area contributed by atoms with Gasteiger partial charge in [0.15, 0.2) is 11.5 Å². The van der Waals surface area contributed by atoms with E-state index >= 15 is 0 Å². The van der Waals surface area contributed by atoms with Crippen molar-refractivity contribution in [2.45, 2.75) is 141 Å². The van der Waals surface area contributed by atoms with Crippen molar-refractivity contribution >= 4 is 32.7 Å². The number of nitrogens with two attached hydrogens (primary N) is 2. The van der Waals surface area contributed by atoms with Crippen LogP contribution in [0.2, 0.25) is 19.6 Å². The molecule has 2 aromatic heterocycles. The molecule has 2 rings (SSSR count). The van der Waals surface area contributed by atoms with Crippen LogP contribution < -0.4 is 11.5 Å². The Morgan fingerprint density at radius 1 is 0.929 bits per heavy atom. The van der Waals surface area contributed by atoms with Crippen molar-refractivity contribution in [2.75, 3.05) is 12.3 Å². The van der Waals surface area contributed by atoms with Crippen molar-refractivity contribution in [1.82, 2.24) is 19.5 Å². The van der Waals surface area contributed by atoms with E-state index in [9.17, 15) is 9.46 Å². The second-order valence-electron chi connectivity index (χ2n) is 12.3. The van der Waals surface area contributed by atoms with Gasteiger partial charge in [-0.3, -0.25) is 10.3 Å². The topological polar surface area (TPSA) is 151 Å². The third-order valence-electron chi connectivity index (χ3n) is 7.01. The average molecular weight is 623 g/mol. The molecule has 0 aromatic carbocycles. The summed E-state index contributed by atoms with van der Waals surface area (Å²) in [4.78, 5) is 22.6. The quantitative estimate of drug-likeness (QED) is 0.0415. The summed E-state index contributed by atoms with van der Waals surface area (Å²) in [5.41, 5.74) is 16.2. The van der Waals surface area contributed by atoms with Gasteiger partial charge >= 0.3 is 7.60 Å². The molecule has 0 fully saturated rings. The van der Waals surface area contributed by atoms with Crippen molar-refractivity contribution < 1.29 is 18.7 Å². The Balaban J connectivity index is 1.42. The maximum atomic E-state index is 12.5. The normalized spacial score (nSPS) is 14.8. The summed E-state index contributed by atoms with van der Waals surface area (Å²) in [7, 11) is -5.29. The van der Waals surface area contributed by atoms with Crippen molar-refractivity contribution in [2.24, 2.45) is 5.73 Å².